The molecule has 2 aromatic rings. The number of aliphatic hydroxyl groups is 1. The van der Waals surface area contributed by atoms with E-state index >= 15 is 0 Å². The van der Waals surface area contributed by atoms with Gasteiger partial charge in [-0.2, -0.15) is 0 Å². The number of aliphatic hydroxyl groups excluding tert-OH is 1. The highest BCUT2D eigenvalue weighted by Crippen LogP contribution is 2.37. The lowest BCUT2D eigenvalue weighted by molar-refractivity contribution is -0.115. The summed E-state index contributed by atoms with van der Waals surface area (Å²) in [6.07, 6.45) is 6.15. The topological polar surface area (TPSA) is 68.2 Å². The first-order chi connectivity index (χ1) is 16.1. The molecule has 0 aliphatic carbocycles. The number of amides is 1. The van der Waals surface area contributed by atoms with E-state index in [2.05, 4.69) is 70.7 Å². The Hall–Kier alpha value is -3.48. The Labute approximate surface area is 194 Å². The maximum absolute atomic E-state index is 12.1. The molecule has 1 atom stereocenters. The van der Waals surface area contributed by atoms with Crippen molar-refractivity contribution >= 4 is 11.7 Å². The number of aliphatic imine (C=N–C) groups is 1. The van der Waals surface area contributed by atoms with E-state index in [0.29, 0.717) is 6.54 Å². The predicted octanol–water partition coefficient (Wildman–Crippen LogP) is 2.83. The fourth-order valence-electron chi connectivity index (χ4n) is 4.62. The Morgan fingerprint density at radius 2 is 1.88 bits per heavy atom. The molecule has 3 heterocycles. The minimum absolute atomic E-state index is 0.0234. The van der Waals surface area contributed by atoms with Gasteiger partial charge in [-0.1, -0.05) is 54.6 Å². The number of hydrogen-bond acceptors (Lipinski definition) is 5. The van der Waals surface area contributed by atoms with Gasteiger partial charge in [-0.3, -0.25) is 4.79 Å². The van der Waals surface area contributed by atoms with E-state index in [1.165, 1.54) is 17.2 Å². The van der Waals surface area contributed by atoms with Gasteiger partial charge in [0.2, 0.25) is 5.91 Å². The van der Waals surface area contributed by atoms with Crippen molar-refractivity contribution in [1.29, 1.82) is 0 Å². The molecule has 0 unspecified atom stereocenters. The molecule has 3 aliphatic heterocycles. The quantitative estimate of drug-likeness (QED) is 0.695. The molecule has 6 heteroatoms. The summed E-state index contributed by atoms with van der Waals surface area (Å²) < 4.78 is 0. The molecular formula is C27H28N4O2. The zero-order valence-electron chi connectivity index (χ0n) is 18.7. The minimum Gasteiger partial charge on any atom is -0.396 e. The van der Waals surface area contributed by atoms with Gasteiger partial charge in [-0.15, -0.1) is 0 Å². The summed E-state index contributed by atoms with van der Waals surface area (Å²) in [7, 11) is 2.15. The zero-order valence-corrected chi connectivity index (χ0v) is 18.7. The van der Waals surface area contributed by atoms with Gasteiger partial charge in [0.05, 0.1) is 12.3 Å². The number of nitrogens with one attached hydrogen (secondary N) is 1. The number of benzene rings is 2. The molecule has 0 saturated heterocycles. The van der Waals surface area contributed by atoms with Gasteiger partial charge in [0, 0.05) is 54.7 Å². The number of allylic oxidation sites excluding steroid dienone is 1. The molecule has 1 amide bonds. The molecule has 168 valence electrons. The molecular weight excluding hydrogens is 412 g/mol. The molecule has 0 saturated carbocycles. The summed E-state index contributed by atoms with van der Waals surface area (Å²) in [6, 6.07) is 19.1. The van der Waals surface area contributed by atoms with Gasteiger partial charge in [-0.25, -0.2) is 4.99 Å². The maximum Gasteiger partial charge on any atom is 0.248 e. The normalized spacial score (nSPS) is 19.3. The van der Waals surface area contributed by atoms with E-state index in [0.717, 1.165) is 47.9 Å². The second-order valence-corrected chi connectivity index (χ2v) is 8.78. The van der Waals surface area contributed by atoms with Crippen LogP contribution in [0.1, 0.15) is 16.7 Å². The highest BCUT2D eigenvalue weighted by atomic mass is 16.3. The Morgan fingerprint density at radius 3 is 2.64 bits per heavy atom. The van der Waals surface area contributed by atoms with Crippen LogP contribution in [0.3, 0.4) is 0 Å². The van der Waals surface area contributed by atoms with E-state index < -0.39 is 0 Å². The third-order valence-corrected chi connectivity index (χ3v) is 6.37. The van der Waals surface area contributed by atoms with E-state index in [1.807, 2.05) is 12.3 Å². The van der Waals surface area contributed by atoms with Gasteiger partial charge in [0.15, 0.2) is 0 Å². The first kappa shape index (κ1) is 21.4. The minimum atomic E-state index is -0.171. The number of nitrogens with zero attached hydrogens (tertiary/aromatic N) is 3. The van der Waals surface area contributed by atoms with Crippen LogP contribution in [-0.4, -0.2) is 53.4 Å². The van der Waals surface area contributed by atoms with Crippen molar-refractivity contribution in [3.05, 3.63) is 107 Å². The highest BCUT2D eigenvalue weighted by Gasteiger charge is 2.38. The van der Waals surface area contributed by atoms with Crippen molar-refractivity contribution in [3.63, 3.8) is 0 Å². The van der Waals surface area contributed by atoms with Gasteiger partial charge in [0.1, 0.15) is 5.84 Å². The van der Waals surface area contributed by atoms with Crippen LogP contribution in [0, 0.1) is 5.92 Å². The Balaban J connectivity index is 1.30. The molecule has 2 N–H and O–H groups in total. The molecule has 0 spiro atoms. The van der Waals surface area contributed by atoms with Crippen LogP contribution in [0.2, 0.25) is 0 Å². The van der Waals surface area contributed by atoms with Crippen molar-refractivity contribution in [1.82, 2.24) is 15.1 Å². The number of amidine groups is 1. The predicted molar refractivity (Wildman–Crippen MR) is 129 cm³/mol. The molecule has 3 aliphatic rings. The van der Waals surface area contributed by atoms with Crippen molar-refractivity contribution in [2.45, 2.75) is 13.0 Å². The second-order valence-electron chi connectivity index (χ2n) is 8.78. The van der Waals surface area contributed by atoms with Crippen LogP contribution in [0.4, 0.5) is 0 Å². The standard InChI is InChI=1S/C27H28N4O2/c1-30(14-13-19-5-3-2-4-6-19)16-20-7-9-21(10-8-20)27-28-15-22-11-12-24(33)29-25-23(18-32)17-31(27)26(22)25/h2-12,15,23,32H,13-14,16-18H2,1H3,(H,29,33)/t23-/m0/s1. The van der Waals surface area contributed by atoms with Crippen LogP contribution >= 0.6 is 0 Å². The lowest BCUT2D eigenvalue weighted by atomic mass is 10.1. The Morgan fingerprint density at radius 1 is 1.09 bits per heavy atom. The first-order valence-electron chi connectivity index (χ1n) is 11.3. The fraction of sp³-hybridized carbons (Fsp3) is 0.259. The van der Waals surface area contributed by atoms with Crippen LogP contribution < -0.4 is 5.32 Å². The van der Waals surface area contributed by atoms with Crippen LogP contribution in [0.5, 0.6) is 0 Å². The smallest absolute Gasteiger partial charge is 0.248 e. The monoisotopic (exact) mass is 440 g/mol. The van der Waals surface area contributed by atoms with Crippen molar-refractivity contribution in [3.8, 4) is 0 Å². The molecule has 6 nitrogen and oxygen atoms in total. The number of carbonyl (C=O) groups excluding carboxylic acids is 1. The van der Waals surface area contributed by atoms with Crippen molar-refractivity contribution in [2.75, 3.05) is 26.7 Å². The van der Waals surface area contributed by atoms with Gasteiger partial charge >= 0.3 is 0 Å². The van der Waals surface area contributed by atoms with Gasteiger partial charge in [-0.05, 0) is 30.7 Å². The van der Waals surface area contributed by atoms with Crippen LogP contribution in [0.15, 0.2) is 94.9 Å². The Kier molecular flexibility index (Phi) is 5.94. The third-order valence-electron chi connectivity index (χ3n) is 6.37. The molecule has 0 fully saturated rings. The summed E-state index contributed by atoms with van der Waals surface area (Å²) in [5.74, 6) is 0.527. The molecule has 0 bridgehead atoms. The van der Waals surface area contributed by atoms with Crippen LogP contribution in [0.25, 0.3) is 0 Å². The molecule has 5 rings (SSSR count). The largest absolute Gasteiger partial charge is 0.396 e. The molecule has 33 heavy (non-hydrogen) atoms. The zero-order chi connectivity index (χ0) is 22.8. The number of hydrogen-bond donors (Lipinski definition) is 2. The van der Waals surface area contributed by atoms with E-state index in [4.69, 9.17) is 4.99 Å². The van der Waals surface area contributed by atoms with Gasteiger partial charge in [0.25, 0.3) is 0 Å². The summed E-state index contributed by atoms with van der Waals surface area (Å²) in [5, 5.41) is 12.8. The molecule has 0 aromatic heterocycles. The maximum atomic E-state index is 12.1. The average molecular weight is 441 g/mol. The van der Waals surface area contributed by atoms with E-state index in [-0.39, 0.29) is 18.4 Å². The molecule has 0 radical (unpaired) electrons. The van der Waals surface area contributed by atoms with Gasteiger partial charge < -0.3 is 20.2 Å². The lowest BCUT2D eigenvalue weighted by Crippen LogP contribution is -2.33. The van der Waals surface area contributed by atoms with E-state index in [9.17, 15) is 9.90 Å². The average Bonchev–Trinajstić information content (AvgIpc) is 3.11. The highest BCUT2D eigenvalue weighted by molar-refractivity contribution is 6.03. The number of carbonyl (C=O) groups is 1. The fourth-order valence-corrected chi connectivity index (χ4v) is 4.62. The van der Waals surface area contributed by atoms with Crippen molar-refractivity contribution < 1.29 is 9.90 Å². The second kappa shape index (κ2) is 9.17. The lowest BCUT2D eigenvalue weighted by Gasteiger charge is -2.28. The molecule has 2 aromatic carbocycles. The van der Waals surface area contributed by atoms with E-state index in [1.54, 1.807) is 6.08 Å². The summed E-state index contributed by atoms with van der Waals surface area (Å²) in [4.78, 5) is 21.2. The summed E-state index contributed by atoms with van der Waals surface area (Å²) in [5.41, 5.74) is 6.23. The number of likely N-dealkylation sites (N-methyl/N-ethyl adjacent to an activating group) is 1. The SMILES string of the molecule is CN(CCc1ccccc1)Cc1ccc(C2=NC=C3C=CC(=O)NC4=C3N2C[C@H]4CO)cc1. The first-order valence-corrected chi connectivity index (χ1v) is 11.3. The number of rotatable bonds is 7. The third kappa shape index (κ3) is 4.40. The van der Waals surface area contributed by atoms with Crippen LogP contribution in [-0.2, 0) is 17.8 Å². The van der Waals surface area contributed by atoms with Crippen molar-refractivity contribution in [2.24, 2.45) is 10.9 Å². The Bertz CT molecular complexity index is 1160. The summed E-state index contributed by atoms with van der Waals surface area (Å²) >= 11 is 0. The summed E-state index contributed by atoms with van der Waals surface area (Å²) in [6.45, 7) is 2.45.